The van der Waals surface area contributed by atoms with Gasteiger partial charge in [0.05, 0.1) is 10.6 Å². The molecule has 1 aromatic carbocycles. The van der Waals surface area contributed by atoms with Crippen LogP contribution < -0.4 is 0 Å². The number of halogens is 1. The van der Waals surface area contributed by atoms with E-state index in [1.165, 1.54) is 0 Å². The van der Waals surface area contributed by atoms with E-state index in [2.05, 4.69) is 6.07 Å². The van der Waals surface area contributed by atoms with Crippen molar-refractivity contribution in [3.63, 3.8) is 0 Å². The molecule has 0 bridgehead atoms. The Balaban J connectivity index is 1.82. The molecule has 0 radical (unpaired) electrons. The summed E-state index contributed by atoms with van der Waals surface area (Å²) in [7, 11) is 0. The highest BCUT2D eigenvalue weighted by molar-refractivity contribution is 6.32. The number of nitro benzene ring substituents is 1. The minimum Gasteiger partial charge on any atom is -0.343 e. The molecular formula is C21H22ClN3O3. The molecule has 1 aromatic heterocycles. The van der Waals surface area contributed by atoms with Crippen LogP contribution in [-0.2, 0) is 17.6 Å². The van der Waals surface area contributed by atoms with Crippen molar-refractivity contribution in [2.45, 2.75) is 38.5 Å². The number of amides is 1. The number of hydrogen-bond acceptors (Lipinski definition) is 4. The van der Waals surface area contributed by atoms with E-state index >= 15 is 0 Å². The first kappa shape index (κ1) is 18.9. The number of piperidine rings is 1. The number of rotatable bonds is 2. The molecule has 2 heterocycles. The summed E-state index contributed by atoms with van der Waals surface area (Å²) >= 11 is 6.21. The molecule has 0 N–H and O–H groups in total. The third-order valence-corrected chi connectivity index (χ3v) is 6.41. The molecule has 0 spiro atoms. The van der Waals surface area contributed by atoms with Crippen LogP contribution in [0, 0.1) is 16.0 Å². The standard InChI is InChI=1S/C21H22ClN3O3/c1-13(26)24-11-8-14(9-12-24)19-16-6-7-18(22)21(25(27)28)17(16)5-4-15-3-2-10-23-20(15)19/h2-3,6-7,10,14,19H,4-5,8-9,11-12H2,1H3. The molecule has 0 saturated carbocycles. The van der Waals surface area contributed by atoms with Gasteiger partial charge in [-0.05, 0) is 54.9 Å². The van der Waals surface area contributed by atoms with E-state index < -0.39 is 0 Å². The van der Waals surface area contributed by atoms with Gasteiger partial charge in [-0.2, -0.15) is 0 Å². The zero-order valence-corrected chi connectivity index (χ0v) is 16.5. The highest BCUT2D eigenvalue weighted by Crippen LogP contribution is 2.45. The van der Waals surface area contributed by atoms with E-state index in [1.54, 1.807) is 19.2 Å². The van der Waals surface area contributed by atoms with Gasteiger partial charge < -0.3 is 4.90 Å². The average Bonchev–Trinajstić information content (AvgIpc) is 2.84. The number of nitro groups is 1. The molecule has 1 atom stereocenters. The summed E-state index contributed by atoms with van der Waals surface area (Å²) in [6.45, 7) is 3.02. The lowest BCUT2D eigenvalue weighted by molar-refractivity contribution is -0.385. The number of hydrogen-bond donors (Lipinski definition) is 0. The summed E-state index contributed by atoms with van der Waals surface area (Å²) in [5.74, 6) is 0.362. The van der Waals surface area contributed by atoms with Crippen molar-refractivity contribution in [2.24, 2.45) is 5.92 Å². The zero-order valence-electron chi connectivity index (χ0n) is 15.7. The van der Waals surface area contributed by atoms with Crippen LogP contribution >= 0.6 is 11.6 Å². The number of benzene rings is 1. The monoisotopic (exact) mass is 399 g/mol. The molecule has 7 heteroatoms. The number of carbonyl (C=O) groups excluding carboxylic acids is 1. The molecule has 1 fully saturated rings. The number of aromatic nitrogens is 1. The smallest absolute Gasteiger partial charge is 0.291 e. The van der Waals surface area contributed by atoms with Crippen molar-refractivity contribution in [3.05, 3.63) is 68.0 Å². The second-order valence-electron chi connectivity index (χ2n) is 7.59. The fourth-order valence-electron chi connectivity index (χ4n) is 4.75. The Bertz CT molecular complexity index is 938. The molecule has 4 rings (SSSR count). The van der Waals surface area contributed by atoms with Gasteiger partial charge in [0.15, 0.2) is 0 Å². The first-order chi connectivity index (χ1) is 13.5. The Kier molecular flexibility index (Phi) is 5.06. The Hall–Kier alpha value is -2.47. The molecule has 146 valence electrons. The van der Waals surface area contributed by atoms with Crippen LogP contribution in [0.1, 0.15) is 48.1 Å². The number of fused-ring (bicyclic) bond motifs is 2. The molecule has 1 amide bonds. The van der Waals surface area contributed by atoms with Gasteiger partial charge in [0.25, 0.3) is 5.69 Å². The zero-order chi connectivity index (χ0) is 19.8. The van der Waals surface area contributed by atoms with E-state index in [0.29, 0.717) is 25.9 Å². The van der Waals surface area contributed by atoms with Gasteiger partial charge in [-0.25, -0.2) is 0 Å². The third-order valence-electron chi connectivity index (χ3n) is 6.11. The fraction of sp³-hybridized carbons (Fsp3) is 0.429. The second kappa shape index (κ2) is 7.51. The predicted octanol–water partition coefficient (Wildman–Crippen LogP) is 4.13. The van der Waals surface area contributed by atoms with Crippen LogP contribution in [0.2, 0.25) is 5.02 Å². The van der Waals surface area contributed by atoms with Gasteiger partial charge in [-0.15, -0.1) is 0 Å². The quantitative estimate of drug-likeness (QED) is 0.562. The van der Waals surface area contributed by atoms with Gasteiger partial charge in [0, 0.05) is 37.7 Å². The summed E-state index contributed by atoms with van der Waals surface area (Å²) in [6.07, 6.45) is 4.80. The van der Waals surface area contributed by atoms with Crippen molar-refractivity contribution in [1.82, 2.24) is 9.88 Å². The average molecular weight is 400 g/mol. The number of nitrogens with zero attached hydrogens (tertiary/aromatic N) is 3. The number of carbonyl (C=O) groups is 1. The maximum Gasteiger partial charge on any atom is 0.291 e. The minimum atomic E-state index is -0.361. The number of aryl methyl sites for hydroxylation is 1. The van der Waals surface area contributed by atoms with Crippen molar-refractivity contribution in [3.8, 4) is 0 Å². The Morgan fingerprint density at radius 1 is 1.25 bits per heavy atom. The molecule has 2 aliphatic rings. The van der Waals surface area contributed by atoms with Gasteiger partial charge in [-0.1, -0.05) is 23.7 Å². The molecule has 1 aliphatic heterocycles. The summed E-state index contributed by atoms with van der Waals surface area (Å²) in [6, 6.07) is 7.57. The topological polar surface area (TPSA) is 76.3 Å². The maximum absolute atomic E-state index is 11.7. The maximum atomic E-state index is 11.7. The minimum absolute atomic E-state index is 0.0150. The Morgan fingerprint density at radius 3 is 2.68 bits per heavy atom. The van der Waals surface area contributed by atoms with Crippen LogP contribution in [0.5, 0.6) is 0 Å². The Morgan fingerprint density at radius 2 is 2.00 bits per heavy atom. The number of pyridine rings is 1. The molecule has 6 nitrogen and oxygen atoms in total. The SMILES string of the molecule is CC(=O)N1CCC(C2c3ccc(Cl)c([N+](=O)[O-])c3CCc3cccnc32)CC1. The summed E-state index contributed by atoms with van der Waals surface area (Å²) < 4.78 is 0. The normalized spacial score (nSPS) is 19.5. The van der Waals surface area contributed by atoms with Gasteiger partial charge in [0.1, 0.15) is 5.02 Å². The molecular weight excluding hydrogens is 378 g/mol. The lowest BCUT2D eigenvalue weighted by Crippen LogP contribution is -2.38. The third kappa shape index (κ3) is 3.26. The van der Waals surface area contributed by atoms with E-state index in [4.69, 9.17) is 16.6 Å². The highest BCUT2D eigenvalue weighted by atomic mass is 35.5. The van der Waals surface area contributed by atoms with Gasteiger partial charge in [-0.3, -0.25) is 19.9 Å². The molecule has 28 heavy (non-hydrogen) atoms. The lowest BCUT2D eigenvalue weighted by atomic mass is 9.76. The first-order valence-electron chi connectivity index (χ1n) is 9.62. The second-order valence-corrected chi connectivity index (χ2v) is 8.00. The van der Waals surface area contributed by atoms with Crippen LogP contribution in [-0.4, -0.2) is 33.8 Å². The molecule has 2 aromatic rings. The molecule has 1 saturated heterocycles. The van der Waals surface area contributed by atoms with Gasteiger partial charge >= 0.3 is 0 Å². The fourth-order valence-corrected chi connectivity index (χ4v) is 5.00. The van der Waals surface area contributed by atoms with Crippen molar-refractivity contribution in [2.75, 3.05) is 13.1 Å². The van der Waals surface area contributed by atoms with Crippen LogP contribution in [0.25, 0.3) is 0 Å². The van der Waals surface area contributed by atoms with Crippen LogP contribution in [0.3, 0.4) is 0 Å². The first-order valence-corrected chi connectivity index (χ1v) is 10.00. The van der Waals surface area contributed by atoms with Crippen LogP contribution in [0.4, 0.5) is 5.69 Å². The largest absolute Gasteiger partial charge is 0.343 e. The summed E-state index contributed by atoms with van der Waals surface area (Å²) in [5.41, 5.74) is 3.88. The lowest BCUT2D eigenvalue weighted by Gasteiger charge is -2.36. The predicted molar refractivity (Wildman–Crippen MR) is 107 cm³/mol. The highest BCUT2D eigenvalue weighted by Gasteiger charge is 2.37. The number of likely N-dealkylation sites (tertiary alicyclic amines) is 1. The van der Waals surface area contributed by atoms with E-state index in [0.717, 1.165) is 35.2 Å². The van der Waals surface area contributed by atoms with Crippen molar-refractivity contribution >= 4 is 23.2 Å². The van der Waals surface area contributed by atoms with Crippen molar-refractivity contribution < 1.29 is 9.72 Å². The van der Waals surface area contributed by atoms with Crippen molar-refractivity contribution in [1.29, 1.82) is 0 Å². The van der Waals surface area contributed by atoms with E-state index in [1.807, 2.05) is 17.0 Å². The van der Waals surface area contributed by atoms with E-state index in [-0.39, 0.29) is 33.4 Å². The Labute approximate surface area is 168 Å². The van der Waals surface area contributed by atoms with E-state index in [9.17, 15) is 14.9 Å². The molecule has 1 unspecified atom stereocenters. The summed E-state index contributed by atoms with van der Waals surface area (Å²) in [4.78, 5) is 29.7. The summed E-state index contributed by atoms with van der Waals surface area (Å²) in [5, 5.41) is 11.9. The van der Waals surface area contributed by atoms with Gasteiger partial charge in [0.2, 0.25) is 5.91 Å². The molecule has 1 aliphatic carbocycles. The van der Waals surface area contributed by atoms with Crippen LogP contribution in [0.15, 0.2) is 30.5 Å².